The fourth-order valence-electron chi connectivity index (χ4n) is 8.23. The standard InChI is InChI=1S/C40H53N5O12S2/c1-25(2)20-44(21-31(46)30(18-26-8-4-3-5-9-26)42-39(47)56-32-22-52-36-28(32)12-17-51-36)59(49,50)27-10-11-29-34(19-27)58-38(41-29)45(16-15-43-13-6-7-14-43)40(48)57-33-23-53-37-35(33)54-24-55-37/h3-5,8-11,19,25,28,30-33,35-37,46H,6-7,12-18,20-24H2,1-2H3,(H,42,47)/t28-,30-,31+,32-,33?,35+,36+,37+/m0/s1. The average Bonchev–Trinajstić information content (AvgIpc) is 4.07. The second kappa shape index (κ2) is 18.6. The molecule has 1 unspecified atom stereocenters. The van der Waals surface area contributed by atoms with Crippen LogP contribution in [0.15, 0.2) is 53.4 Å². The van der Waals surface area contributed by atoms with Crippen LogP contribution in [0.25, 0.3) is 10.2 Å². The number of carbonyl (C=O) groups excluding carboxylic acids is 2. The maximum absolute atomic E-state index is 14.5. The van der Waals surface area contributed by atoms with E-state index >= 15 is 0 Å². The van der Waals surface area contributed by atoms with Crippen LogP contribution in [0.5, 0.6) is 0 Å². The first kappa shape index (κ1) is 42.2. The Morgan fingerprint density at radius 2 is 1.76 bits per heavy atom. The van der Waals surface area contributed by atoms with E-state index in [0.717, 1.165) is 31.5 Å². The average molecular weight is 860 g/mol. The molecule has 5 saturated heterocycles. The highest BCUT2D eigenvalue weighted by Crippen LogP contribution is 2.35. The number of ether oxygens (including phenoxy) is 7. The van der Waals surface area contributed by atoms with Gasteiger partial charge in [0.2, 0.25) is 10.0 Å². The number of nitrogens with one attached hydrogen (secondary N) is 1. The Morgan fingerprint density at radius 1 is 0.983 bits per heavy atom. The summed E-state index contributed by atoms with van der Waals surface area (Å²) < 4.78 is 70.3. The van der Waals surface area contributed by atoms with Gasteiger partial charge in [-0.25, -0.2) is 23.0 Å². The van der Waals surface area contributed by atoms with Crippen LogP contribution in [0.2, 0.25) is 0 Å². The summed E-state index contributed by atoms with van der Waals surface area (Å²) in [5, 5.41) is 15.0. The predicted molar refractivity (Wildman–Crippen MR) is 214 cm³/mol. The molecule has 5 aliphatic rings. The highest BCUT2D eigenvalue weighted by Gasteiger charge is 2.47. The number of carbonyl (C=O) groups is 2. The zero-order valence-corrected chi connectivity index (χ0v) is 34.9. The van der Waals surface area contributed by atoms with Crippen LogP contribution in [0, 0.1) is 11.8 Å². The number of amides is 2. The van der Waals surface area contributed by atoms with E-state index in [1.807, 2.05) is 44.2 Å². The van der Waals surface area contributed by atoms with Crippen molar-refractivity contribution in [2.75, 3.05) is 70.8 Å². The van der Waals surface area contributed by atoms with Crippen molar-refractivity contribution in [3.05, 3.63) is 54.1 Å². The number of fused-ring (bicyclic) bond motifs is 3. The van der Waals surface area contributed by atoms with Crippen LogP contribution in [0.1, 0.15) is 38.7 Å². The van der Waals surface area contributed by atoms with Crippen molar-refractivity contribution in [1.29, 1.82) is 0 Å². The number of benzene rings is 2. The molecule has 0 spiro atoms. The van der Waals surface area contributed by atoms with Crippen molar-refractivity contribution in [3.63, 3.8) is 0 Å². The number of aliphatic hydroxyl groups is 1. The minimum absolute atomic E-state index is 0.00770. The van der Waals surface area contributed by atoms with Crippen molar-refractivity contribution in [1.82, 2.24) is 19.5 Å². The molecule has 5 fully saturated rings. The van der Waals surface area contributed by atoms with Gasteiger partial charge in [-0.2, -0.15) is 4.31 Å². The normalized spacial score (nSPS) is 26.7. The van der Waals surface area contributed by atoms with Crippen LogP contribution in [-0.2, 0) is 49.6 Å². The molecule has 2 amide bonds. The summed E-state index contributed by atoms with van der Waals surface area (Å²) in [5.41, 5.74) is 1.36. The summed E-state index contributed by atoms with van der Waals surface area (Å²) in [6.45, 7) is 7.36. The lowest BCUT2D eigenvalue weighted by Crippen LogP contribution is -2.51. The van der Waals surface area contributed by atoms with Gasteiger partial charge in [-0.15, -0.1) is 0 Å². The zero-order valence-electron chi connectivity index (χ0n) is 33.3. The van der Waals surface area contributed by atoms with Crippen molar-refractivity contribution in [2.24, 2.45) is 11.8 Å². The number of alkyl carbamates (subject to hydrolysis) is 1. The van der Waals surface area contributed by atoms with Crippen molar-refractivity contribution >= 4 is 48.9 Å². The van der Waals surface area contributed by atoms with E-state index < -0.39 is 65.2 Å². The molecule has 8 rings (SSSR count). The number of sulfonamides is 1. The van der Waals surface area contributed by atoms with Crippen LogP contribution < -0.4 is 10.2 Å². The molecule has 0 radical (unpaired) electrons. The number of thiazole rings is 1. The second-order valence-corrected chi connectivity index (χ2v) is 19.0. The van der Waals surface area contributed by atoms with Crippen LogP contribution in [0.3, 0.4) is 0 Å². The lowest BCUT2D eigenvalue weighted by molar-refractivity contribution is -0.0941. The minimum atomic E-state index is -4.19. The lowest BCUT2D eigenvalue weighted by Gasteiger charge is -2.31. The molecule has 0 saturated carbocycles. The Morgan fingerprint density at radius 3 is 2.56 bits per heavy atom. The van der Waals surface area contributed by atoms with Crippen LogP contribution in [0.4, 0.5) is 14.7 Å². The van der Waals surface area contributed by atoms with Gasteiger partial charge in [0.1, 0.15) is 6.10 Å². The molecule has 322 valence electrons. The van der Waals surface area contributed by atoms with Gasteiger partial charge in [0, 0.05) is 26.2 Å². The highest BCUT2D eigenvalue weighted by molar-refractivity contribution is 7.89. The Kier molecular flexibility index (Phi) is 13.3. The largest absolute Gasteiger partial charge is 0.443 e. The molecule has 8 atom stereocenters. The number of hydrogen-bond acceptors (Lipinski definition) is 15. The fourth-order valence-corrected chi connectivity index (χ4v) is 11.0. The SMILES string of the molecule is CC(C)CN(C[C@@H](O)[C@H](Cc1ccccc1)NC(=O)O[C@H]1CO[C@H]2OCC[C@H]21)S(=O)(=O)c1ccc2nc(N(CCN3CCCC3)C(=O)OC3CO[C@@H]4OCO[C@H]34)sc2c1. The van der Waals surface area contributed by atoms with Gasteiger partial charge in [-0.3, -0.25) is 4.90 Å². The monoisotopic (exact) mass is 859 g/mol. The Balaban J connectivity index is 1.00. The van der Waals surface area contributed by atoms with Crippen LogP contribution in [-0.4, -0.2) is 149 Å². The zero-order chi connectivity index (χ0) is 41.1. The van der Waals surface area contributed by atoms with E-state index in [0.29, 0.717) is 41.5 Å². The first-order valence-corrected chi connectivity index (χ1v) is 22.7. The van der Waals surface area contributed by atoms with Crippen molar-refractivity contribution in [3.8, 4) is 0 Å². The molecule has 17 nitrogen and oxygen atoms in total. The number of likely N-dealkylation sites (tertiary alicyclic amines) is 1. The maximum Gasteiger partial charge on any atom is 0.416 e. The quantitative estimate of drug-likeness (QED) is 0.213. The third-order valence-electron chi connectivity index (χ3n) is 11.3. The van der Waals surface area contributed by atoms with E-state index in [4.69, 9.17) is 38.1 Å². The Bertz CT molecular complexity index is 2020. The molecule has 2 N–H and O–H groups in total. The molecule has 6 heterocycles. The lowest BCUT2D eigenvalue weighted by atomic mass is 10.0. The first-order chi connectivity index (χ1) is 28.5. The van der Waals surface area contributed by atoms with E-state index in [-0.39, 0.29) is 56.2 Å². The van der Waals surface area contributed by atoms with Gasteiger partial charge < -0.3 is 48.5 Å². The molecule has 0 aliphatic carbocycles. The summed E-state index contributed by atoms with van der Waals surface area (Å²) in [7, 11) is -4.19. The second-order valence-electron chi connectivity index (χ2n) is 16.1. The molecule has 5 aliphatic heterocycles. The predicted octanol–water partition coefficient (Wildman–Crippen LogP) is 3.54. The van der Waals surface area contributed by atoms with Gasteiger partial charge in [-0.05, 0) is 68.5 Å². The topological polar surface area (TPSA) is 188 Å². The highest BCUT2D eigenvalue weighted by atomic mass is 32.2. The number of nitrogens with zero attached hydrogens (tertiary/aromatic N) is 4. The molecular formula is C40H53N5O12S2. The van der Waals surface area contributed by atoms with Gasteiger partial charge in [0.25, 0.3) is 0 Å². The van der Waals surface area contributed by atoms with Crippen molar-refractivity contribution < 1.29 is 56.3 Å². The third-order valence-corrected chi connectivity index (χ3v) is 14.2. The smallest absolute Gasteiger partial charge is 0.416 e. The van der Waals surface area contributed by atoms with Gasteiger partial charge in [0.05, 0.1) is 53.0 Å². The Hall–Kier alpha value is -3.50. The van der Waals surface area contributed by atoms with E-state index in [9.17, 15) is 23.1 Å². The van der Waals surface area contributed by atoms with E-state index in [1.165, 1.54) is 26.6 Å². The number of aliphatic hydroxyl groups excluding tert-OH is 1. The maximum atomic E-state index is 14.5. The van der Waals surface area contributed by atoms with Crippen molar-refractivity contribution in [2.45, 2.75) is 87.5 Å². The summed E-state index contributed by atoms with van der Waals surface area (Å²) in [4.78, 5) is 35.6. The molecule has 3 aromatic rings. The molecule has 1 aromatic heterocycles. The first-order valence-electron chi connectivity index (χ1n) is 20.4. The summed E-state index contributed by atoms with van der Waals surface area (Å²) in [6.07, 6.45) is -2.16. The molecule has 2 aromatic carbocycles. The van der Waals surface area contributed by atoms with E-state index in [1.54, 1.807) is 12.1 Å². The molecule has 0 bridgehead atoms. The fraction of sp³-hybridized carbons (Fsp3) is 0.625. The van der Waals surface area contributed by atoms with E-state index in [2.05, 4.69) is 10.2 Å². The Labute approximate surface area is 347 Å². The minimum Gasteiger partial charge on any atom is -0.443 e. The molecular weight excluding hydrogens is 807 g/mol. The number of aromatic nitrogens is 1. The summed E-state index contributed by atoms with van der Waals surface area (Å²) in [5.74, 6) is -0.164. The molecule has 19 heteroatoms. The number of hydrogen-bond donors (Lipinski definition) is 2. The van der Waals surface area contributed by atoms with Crippen LogP contribution >= 0.6 is 11.3 Å². The van der Waals surface area contributed by atoms with Gasteiger partial charge in [-0.1, -0.05) is 55.5 Å². The summed E-state index contributed by atoms with van der Waals surface area (Å²) >= 11 is 1.19. The summed E-state index contributed by atoms with van der Waals surface area (Å²) in [6, 6.07) is 13.1. The number of rotatable bonds is 16. The third kappa shape index (κ3) is 9.85. The molecule has 59 heavy (non-hydrogen) atoms. The van der Waals surface area contributed by atoms with Gasteiger partial charge >= 0.3 is 12.2 Å². The van der Waals surface area contributed by atoms with Gasteiger partial charge in [0.15, 0.2) is 36.7 Å². The number of anilines is 1.